The monoisotopic (exact) mass is 285 g/mol. The van der Waals surface area contributed by atoms with E-state index in [0.29, 0.717) is 22.5 Å². The minimum absolute atomic E-state index is 0.231. The van der Waals surface area contributed by atoms with Gasteiger partial charge in [0.1, 0.15) is 21.6 Å². The Labute approximate surface area is 113 Å². The molecule has 0 bridgehead atoms. The van der Waals surface area contributed by atoms with E-state index < -0.39 is 5.97 Å². The van der Waals surface area contributed by atoms with Gasteiger partial charge in [0.05, 0.1) is 7.11 Å². The van der Waals surface area contributed by atoms with Crippen LogP contribution in [0.15, 0.2) is 12.1 Å². The summed E-state index contributed by atoms with van der Waals surface area (Å²) in [7, 11) is 1.31. The molecular formula is C11H9Cl2N3O2. The third-order valence-corrected chi connectivity index (χ3v) is 2.76. The highest BCUT2D eigenvalue weighted by molar-refractivity contribution is 6.32. The van der Waals surface area contributed by atoms with Crippen LogP contribution in [0, 0.1) is 6.92 Å². The molecule has 0 aliphatic rings. The Balaban J connectivity index is 2.61. The number of carbonyl (C=O) groups excluding carboxylic acids is 1. The lowest BCUT2D eigenvalue weighted by molar-refractivity contribution is 0.0601. The zero-order chi connectivity index (χ0) is 13.3. The van der Waals surface area contributed by atoms with Crippen molar-refractivity contribution in [3.8, 4) is 11.3 Å². The lowest BCUT2D eigenvalue weighted by Gasteiger charge is -2.03. The minimum atomic E-state index is -0.472. The SMILES string of the molecule is COC(=O)c1c(-c2cc(Cl)nc(Cl)c2)n[nH]c1C. The summed E-state index contributed by atoms with van der Waals surface area (Å²) in [4.78, 5) is 15.5. The molecule has 0 aromatic carbocycles. The van der Waals surface area contributed by atoms with Crippen molar-refractivity contribution in [1.29, 1.82) is 0 Å². The number of rotatable bonds is 2. The molecule has 7 heteroatoms. The van der Waals surface area contributed by atoms with Crippen molar-refractivity contribution >= 4 is 29.2 Å². The molecular weight excluding hydrogens is 277 g/mol. The van der Waals surface area contributed by atoms with Crippen LogP contribution in [0.25, 0.3) is 11.3 Å². The highest BCUT2D eigenvalue weighted by Crippen LogP contribution is 2.27. The Hall–Kier alpha value is -1.59. The number of methoxy groups -OCH3 is 1. The summed E-state index contributed by atoms with van der Waals surface area (Å²) in [5, 5.41) is 7.26. The van der Waals surface area contributed by atoms with Crippen LogP contribution in [0.2, 0.25) is 10.3 Å². The van der Waals surface area contributed by atoms with E-state index in [-0.39, 0.29) is 10.3 Å². The van der Waals surface area contributed by atoms with Crippen LogP contribution in [-0.2, 0) is 4.74 Å². The smallest absolute Gasteiger partial charge is 0.341 e. The molecule has 1 N–H and O–H groups in total. The Bertz CT molecular complexity index is 590. The molecule has 0 fully saturated rings. The minimum Gasteiger partial charge on any atom is -0.465 e. The molecule has 94 valence electrons. The quantitative estimate of drug-likeness (QED) is 0.681. The van der Waals surface area contributed by atoms with E-state index in [1.165, 1.54) is 7.11 Å². The lowest BCUT2D eigenvalue weighted by Crippen LogP contribution is -2.03. The van der Waals surface area contributed by atoms with E-state index >= 15 is 0 Å². The van der Waals surface area contributed by atoms with Crippen LogP contribution in [0.4, 0.5) is 0 Å². The number of nitrogens with zero attached hydrogens (tertiary/aromatic N) is 2. The number of hydrogen-bond donors (Lipinski definition) is 1. The van der Waals surface area contributed by atoms with Gasteiger partial charge in [-0.2, -0.15) is 5.10 Å². The van der Waals surface area contributed by atoms with E-state index in [0.717, 1.165) is 0 Å². The van der Waals surface area contributed by atoms with E-state index in [1.54, 1.807) is 19.1 Å². The first kappa shape index (κ1) is 12.9. The predicted octanol–water partition coefficient (Wildman–Crippen LogP) is 2.87. The normalized spacial score (nSPS) is 10.4. The van der Waals surface area contributed by atoms with Gasteiger partial charge in [-0.1, -0.05) is 23.2 Å². The third kappa shape index (κ3) is 2.32. The maximum atomic E-state index is 11.7. The van der Waals surface area contributed by atoms with Crippen molar-refractivity contribution in [2.45, 2.75) is 6.92 Å². The molecule has 0 unspecified atom stereocenters. The molecule has 0 saturated carbocycles. The van der Waals surface area contributed by atoms with Gasteiger partial charge in [0.25, 0.3) is 0 Å². The number of esters is 1. The number of aryl methyl sites for hydroxylation is 1. The summed E-state index contributed by atoms with van der Waals surface area (Å²) in [6.07, 6.45) is 0. The molecule has 2 aromatic heterocycles. The Morgan fingerprint density at radius 3 is 2.50 bits per heavy atom. The van der Waals surface area contributed by atoms with Gasteiger partial charge in [0, 0.05) is 11.3 Å². The number of nitrogens with one attached hydrogen (secondary N) is 1. The number of aromatic nitrogens is 3. The number of ether oxygens (including phenoxy) is 1. The molecule has 5 nitrogen and oxygen atoms in total. The van der Waals surface area contributed by atoms with Crippen LogP contribution in [-0.4, -0.2) is 28.3 Å². The molecule has 2 rings (SSSR count). The summed E-state index contributed by atoms with van der Waals surface area (Å²) in [5.41, 5.74) is 2.01. The van der Waals surface area contributed by atoms with Crippen molar-refractivity contribution in [1.82, 2.24) is 15.2 Å². The first-order valence-electron chi connectivity index (χ1n) is 4.99. The topological polar surface area (TPSA) is 67.9 Å². The van der Waals surface area contributed by atoms with E-state index in [2.05, 4.69) is 15.2 Å². The number of pyridine rings is 1. The molecule has 0 atom stereocenters. The number of carbonyl (C=O) groups is 1. The maximum absolute atomic E-state index is 11.7. The maximum Gasteiger partial charge on any atom is 0.341 e. The molecule has 0 saturated heterocycles. The van der Waals surface area contributed by atoms with Crippen molar-refractivity contribution in [2.75, 3.05) is 7.11 Å². The van der Waals surface area contributed by atoms with Gasteiger partial charge < -0.3 is 4.74 Å². The molecule has 0 radical (unpaired) electrons. The summed E-state index contributed by atoms with van der Waals surface area (Å²) in [6.45, 7) is 1.73. The number of H-pyrrole nitrogens is 1. The second-order valence-corrected chi connectivity index (χ2v) is 4.34. The van der Waals surface area contributed by atoms with Gasteiger partial charge in [0.2, 0.25) is 0 Å². The van der Waals surface area contributed by atoms with Crippen molar-refractivity contribution in [3.05, 3.63) is 33.7 Å². The van der Waals surface area contributed by atoms with Crippen molar-refractivity contribution < 1.29 is 9.53 Å². The molecule has 0 aliphatic carbocycles. The fraction of sp³-hybridized carbons (Fsp3) is 0.182. The molecule has 0 aliphatic heterocycles. The standard InChI is InChI=1S/C11H9Cl2N3O2/c1-5-9(11(17)18-2)10(16-15-5)6-3-7(12)14-8(13)4-6/h3-4H,1-2H3,(H,15,16). The van der Waals surface area contributed by atoms with Gasteiger partial charge in [-0.15, -0.1) is 0 Å². The zero-order valence-corrected chi connectivity index (χ0v) is 11.1. The zero-order valence-electron chi connectivity index (χ0n) is 9.62. The summed E-state index contributed by atoms with van der Waals surface area (Å²) < 4.78 is 4.72. The predicted molar refractivity (Wildman–Crippen MR) is 67.9 cm³/mol. The van der Waals surface area contributed by atoms with Crippen LogP contribution >= 0.6 is 23.2 Å². The summed E-state index contributed by atoms with van der Waals surface area (Å²) in [6, 6.07) is 3.16. The fourth-order valence-corrected chi connectivity index (χ4v) is 2.05. The fourth-order valence-electron chi connectivity index (χ4n) is 1.59. The first-order chi connectivity index (χ1) is 8.52. The second-order valence-electron chi connectivity index (χ2n) is 3.57. The Morgan fingerprint density at radius 2 is 1.94 bits per heavy atom. The third-order valence-electron chi connectivity index (χ3n) is 2.37. The number of halogens is 2. The van der Waals surface area contributed by atoms with Crippen LogP contribution < -0.4 is 0 Å². The van der Waals surface area contributed by atoms with Gasteiger partial charge in [0.15, 0.2) is 0 Å². The molecule has 2 aromatic rings. The molecule has 18 heavy (non-hydrogen) atoms. The Kier molecular flexibility index (Phi) is 3.54. The van der Waals surface area contributed by atoms with Crippen LogP contribution in [0.1, 0.15) is 16.1 Å². The highest BCUT2D eigenvalue weighted by Gasteiger charge is 2.20. The molecule has 0 amide bonds. The second kappa shape index (κ2) is 4.96. The first-order valence-corrected chi connectivity index (χ1v) is 5.75. The average molecular weight is 286 g/mol. The van der Waals surface area contributed by atoms with E-state index in [1.807, 2.05) is 0 Å². The highest BCUT2D eigenvalue weighted by atomic mass is 35.5. The molecule has 0 spiro atoms. The average Bonchev–Trinajstić information content (AvgIpc) is 2.69. The summed E-state index contributed by atoms with van der Waals surface area (Å²) >= 11 is 11.6. The van der Waals surface area contributed by atoms with Gasteiger partial charge in [-0.25, -0.2) is 9.78 Å². The Morgan fingerprint density at radius 1 is 1.33 bits per heavy atom. The molecule has 2 heterocycles. The number of hydrogen-bond acceptors (Lipinski definition) is 4. The van der Waals surface area contributed by atoms with Gasteiger partial charge >= 0.3 is 5.97 Å². The van der Waals surface area contributed by atoms with Gasteiger partial charge in [-0.05, 0) is 19.1 Å². The van der Waals surface area contributed by atoms with Crippen molar-refractivity contribution in [3.63, 3.8) is 0 Å². The van der Waals surface area contributed by atoms with Crippen molar-refractivity contribution in [2.24, 2.45) is 0 Å². The summed E-state index contributed by atoms with van der Waals surface area (Å²) in [5.74, 6) is -0.472. The van der Waals surface area contributed by atoms with Crippen LogP contribution in [0.3, 0.4) is 0 Å². The largest absolute Gasteiger partial charge is 0.465 e. The number of aromatic amines is 1. The van der Waals surface area contributed by atoms with Crippen LogP contribution in [0.5, 0.6) is 0 Å². The van der Waals surface area contributed by atoms with E-state index in [4.69, 9.17) is 27.9 Å². The van der Waals surface area contributed by atoms with E-state index in [9.17, 15) is 4.79 Å². The van der Waals surface area contributed by atoms with Gasteiger partial charge in [-0.3, -0.25) is 5.10 Å². The lowest BCUT2D eigenvalue weighted by atomic mass is 10.1.